The number of carbonyl (C=O) groups excluding carboxylic acids is 1. The lowest BCUT2D eigenvalue weighted by Gasteiger charge is -2.33. The number of morpholine rings is 1. The standard InChI is InChI=1S/C19H23Cl2N3O3/c1-12-16(13(2)27-23-12)8-19(25)22-9-15-11-24(5-6-26-15)10-14-3-4-17(20)18(21)7-14/h3-4,7,15H,5-6,8-11H2,1-2H3,(H,22,25)/t15-/m0/s1. The minimum absolute atomic E-state index is 0.0462. The first-order valence-electron chi connectivity index (χ1n) is 8.88. The maximum absolute atomic E-state index is 12.2. The maximum atomic E-state index is 12.2. The summed E-state index contributed by atoms with van der Waals surface area (Å²) in [6.07, 6.45) is 0.219. The fourth-order valence-electron chi connectivity index (χ4n) is 3.15. The largest absolute Gasteiger partial charge is 0.374 e. The summed E-state index contributed by atoms with van der Waals surface area (Å²) in [5.41, 5.74) is 2.70. The topological polar surface area (TPSA) is 67.6 Å². The molecule has 3 rings (SSSR count). The Bertz CT molecular complexity index is 790. The van der Waals surface area contributed by atoms with Crippen molar-refractivity contribution >= 4 is 29.1 Å². The summed E-state index contributed by atoms with van der Waals surface area (Å²) in [4.78, 5) is 14.5. The lowest BCUT2D eigenvalue weighted by Crippen LogP contribution is -2.47. The molecule has 0 aliphatic carbocycles. The van der Waals surface area contributed by atoms with Gasteiger partial charge in [-0.25, -0.2) is 0 Å². The van der Waals surface area contributed by atoms with Gasteiger partial charge in [0.15, 0.2) is 0 Å². The number of benzene rings is 1. The van der Waals surface area contributed by atoms with Crippen molar-refractivity contribution in [3.63, 3.8) is 0 Å². The van der Waals surface area contributed by atoms with E-state index in [1.165, 1.54) is 0 Å². The second-order valence-corrected chi connectivity index (χ2v) is 7.57. The molecule has 0 bridgehead atoms. The van der Waals surface area contributed by atoms with E-state index in [1.54, 1.807) is 0 Å². The molecule has 27 heavy (non-hydrogen) atoms. The van der Waals surface area contributed by atoms with E-state index in [0.717, 1.165) is 36.5 Å². The zero-order valence-electron chi connectivity index (χ0n) is 15.4. The molecule has 2 heterocycles. The van der Waals surface area contributed by atoms with Crippen molar-refractivity contribution in [3.8, 4) is 0 Å². The van der Waals surface area contributed by atoms with Crippen LogP contribution in [0, 0.1) is 13.8 Å². The van der Waals surface area contributed by atoms with E-state index in [9.17, 15) is 4.79 Å². The van der Waals surface area contributed by atoms with Gasteiger partial charge in [-0.1, -0.05) is 34.4 Å². The lowest BCUT2D eigenvalue weighted by molar-refractivity contribution is -0.121. The predicted molar refractivity (Wildman–Crippen MR) is 104 cm³/mol. The van der Waals surface area contributed by atoms with Crippen LogP contribution in [0.25, 0.3) is 0 Å². The lowest BCUT2D eigenvalue weighted by atomic mass is 10.1. The van der Waals surface area contributed by atoms with Crippen LogP contribution in [0.15, 0.2) is 22.7 Å². The normalized spacial score (nSPS) is 17.9. The first-order chi connectivity index (χ1) is 12.9. The van der Waals surface area contributed by atoms with Crippen molar-refractivity contribution in [1.82, 2.24) is 15.4 Å². The van der Waals surface area contributed by atoms with Crippen molar-refractivity contribution in [3.05, 3.63) is 50.8 Å². The molecule has 1 fully saturated rings. The molecule has 1 aromatic carbocycles. The summed E-state index contributed by atoms with van der Waals surface area (Å²) in [6.45, 7) is 7.10. The number of ether oxygens (including phenoxy) is 1. The second-order valence-electron chi connectivity index (χ2n) is 6.76. The first-order valence-corrected chi connectivity index (χ1v) is 9.64. The van der Waals surface area contributed by atoms with Crippen LogP contribution in [0.3, 0.4) is 0 Å². The number of hydrogen-bond acceptors (Lipinski definition) is 5. The molecular weight excluding hydrogens is 389 g/mol. The van der Waals surface area contributed by atoms with E-state index in [4.69, 9.17) is 32.5 Å². The molecule has 2 aromatic rings. The van der Waals surface area contributed by atoms with Crippen LogP contribution in [0.2, 0.25) is 10.0 Å². The summed E-state index contributed by atoms with van der Waals surface area (Å²) >= 11 is 12.1. The van der Waals surface area contributed by atoms with Gasteiger partial charge in [0.1, 0.15) is 5.76 Å². The van der Waals surface area contributed by atoms with Gasteiger partial charge in [0.25, 0.3) is 0 Å². The Hall–Kier alpha value is -1.60. The molecule has 1 aromatic heterocycles. The van der Waals surface area contributed by atoms with Gasteiger partial charge in [-0.2, -0.15) is 0 Å². The molecule has 1 aliphatic heterocycles. The van der Waals surface area contributed by atoms with Crippen LogP contribution < -0.4 is 5.32 Å². The van der Waals surface area contributed by atoms with Gasteiger partial charge in [-0.05, 0) is 31.5 Å². The summed E-state index contributed by atoms with van der Waals surface area (Å²) < 4.78 is 10.9. The zero-order valence-corrected chi connectivity index (χ0v) is 16.9. The number of amides is 1. The van der Waals surface area contributed by atoms with Crippen molar-refractivity contribution in [2.75, 3.05) is 26.2 Å². The van der Waals surface area contributed by atoms with Crippen LogP contribution in [0.1, 0.15) is 22.6 Å². The SMILES string of the molecule is Cc1noc(C)c1CC(=O)NC[C@H]1CN(Cc2ccc(Cl)c(Cl)c2)CCO1. The van der Waals surface area contributed by atoms with Gasteiger partial charge in [0, 0.05) is 31.7 Å². The van der Waals surface area contributed by atoms with Gasteiger partial charge in [-0.15, -0.1) is 0 Å². The van der Waals surface area contributed by atoms with Crippen LogP contribution in [-0.4, -0.2) is 48.3 Å². The summed E-state index contributed by atoms with van der Waals surface area (Å²) in [7, 11) is 0. The third kappa shape index (κ3) is 5.45. The molecular formula is C19H23Cl2N3O3. The Morgan fingerprint density at radius 3 is 2.85 bits per heavy atom. The molecule has 8 heteroatoms. The van der Waals surface area contributed by atoms with Gasteiger partial charge in [0.05, 0.1) is 34.9 Å². The Morgan fingerprint density at radius 2 is 2.15 bits per heavy atom. The van der Waals surface area contributed by atoms with E-state index in [2.05, 4.69) is 15.4 Å². The molecule has 1 N–H and O–H groups in total. The average Bonchev–Trinajstić information content (AvgIpc) is 2.95. The van der Waals surface area contributed by atoms with E-state index < -0.39 is 0 Å². The fourth-order valence-corrected chi connectivity index (χ4v) is 3.47. The third-order valence-corrected chi connectivity index (χ3v) is 5.40. The first kappa shape index (κ1) is 20.1. The molecule has 6 nitrogen and oxygen atoms in total. The molecule has 146 valence electrons. The van der Waals surface area contributed by atoms with E-state index in [0.29, 0.717) is 29.0 Å². The van der Waals surface area contributed by atoms with Crippen molar-refractivity contribution in [2.45, 2.75) is 32.9 Å². The number of halogens is 2. The van der Waals surface area contributed by atoms with E-state index in [-0.39, 0.29) is 18.4 Å². The zero-order chi connectivity index (χ0) is 19.4. The minimum Gasteiger partial charge on any atom is -0.374 e. The maximum Gasteiger partial charge on any atom is 0.224 e. The van der Waals surface area contributed by atoms with Crippen molar-refractivity contribution in [2.24, 2.45) is 0 Å². The minimum atomic E-state index is -0.0605. The van der Waals surface area contributed by atoms with Gasteiger partial charge >= 0.3 is 0 Å². The molecule has 0 unspecified atom stereocenters. The Balaban J connectivity index is 1.48. The summed E-state index contributed by atoms with van der Waals surface area (Å²) in [6, 6.07) is 5.68. The third-order valence-electron chi connectivity index (χ3n) is 4.66. The molecule has 1 aliphatic rings. The molecule has 1 amide bonds. The van der Waals surface area contributed by atoms with Crippen LogP contribution in [0.4, 0.5) is 0 Å². The van der Waals surface area contributed by atoms with Crippen LogP contribution in [-0.2, 0) is 22.5 Å². The van der Waals surface area contributed by atoms with Crippen molar-refractivity contribution in [1.29, 1.82) is 0 Å². The highest BCUT2D eigenvalue weighted by Gasteiger charge is 2.22. The average molecular weight is 412 g/mol. The highest BCUT2D eigenvalue weighted by atomic mass is 35.5. The van der Waals surface area contributed by atoms with Crippen LogP contribution in [0.5, 0.6) is 0 Å². The van der Waals surface area contributed by atoms with Gasteiger partial charge in [-0.3, -0.25) is 9.69 Å². The Labute approximate surface area is 168 Å². The number of hydrogen-bond donors (Lipinski definition) is 1. The number of aromatic nitrogens is 1. The van der Waals surface area contributed by atoms with Gasteiger partial charge in [0.2, 0.25) is 5.91 Å². The number of carbonyl (C=O) groups is 1. The smallest absolute Gasteiger partial charge is 0.224 e. The van der Waals surface area contributed by atoms with Crippen molar-refractivity contribution < 1.29 is 14.1 Å². The molecule has 0 saturated carbocycles. The van der Waals surface area contributed by atoms with E-state index in [1.807, 2.05) is 32.0 Å². The predicted octanol–water partition coefficient (Wildman–Crippen LogP) is 3.16. The van der Waals surface area contributed by atoms with E-state index >= 15 is 0 Å². The molecule has 0 spiro atoms. The Morgan fingerprint density at radius 1 is 1.33 bits per heavy atom. The molecule has 1 atom stereocenters. The van der Waals surface area contributed by atoms with Crippen LogP contribution >= 0.6 is 23.2 Å². The summed E-state index contributed by atoms with van der Waals surface area (Å²) in [5.74, 6) is 0.624. The molecule has 1 saturated heterocycles. The highest BCUT2D eigenvalue weighted by Crippen LogP contribution is 2.23. The number of nitrogens with zero attached hydrogens (tertiary/aromatic N) is 2. The molecule has 0 radical (unpaired) electrons. The monoisotopic (exact) mass is 411 g/mol. The quantitative estimate of drug-likeness (QED) is 0.790. The van der Waals surface area contributed by atoms with Gasteiger partial charge < -0.3 is 14.6 Å². The summed E-state index contributed by atoms with van der Waals surface area (Å²) in [5, 5.41) is 7.94. The number of nitrogens with one attached hydrogen (secondary N) is 1. The fraction of sp³-hybridized carbons (Fsp3) is 0.474. The Kier molecular flexibility index (Phi) is 6.76. The highest BCUT2D eigenvalue weighted by molar-refractivity contribution is 6.42. The second kappa shape index (κ2) is 9.06. The number of rotatable bonds is 6. The number of aryl methyl sites for hydroxylation is 2.